The molecule has 6 heteroatoms. The summed E-state index contributed by atoms with van der Waals surface area (Å²) in [4.78, 5) is 26.7. The Morgan fingerprint density at radius 1 is 1.04 bits per heavy atom. The van der Waals surface area contributed by atoms with Crippen LogP contribution in [0.3, 0.4) is 0 Å². The summed E-state index contributed by atoms with van der Waals surface area (Å²) < 4.78 is 4.98. The van der Waals surface area contributed by atoms with E-state index in [4.69, 9.17) is 4.74 Å². The number of hydrogen-bond donors (Lipinski definition) is 2. The molecule has 0 bridgehead atoms. The molecule has 1 saturated carbocycles. The van der Waals surface area contributed by atoms with Crippen LogP contribution in [0.4, 0.5) is 11.4 Å². The lowest BCUT2D eigenvalue weighted by Gasteiger charge is -2.27. The summed E-state index contributed by atoms with van der Waals surface area (Å²) in [5.41, 5.74) is 1.92. The van der Waals surface area contributed by atoms with Gasteiger partial charge in [0.1, 0.15) is 0 Å². The van der Waals surface area contributed by atoms with Gasteiger partial charge in [0.15, 0.2) is 0 Å². The Kier molecular flexibility index (Phi) is 7.91. The second-order valence-corrected chi connectivity index (χ2v) is 7.12. The van der Waals surface area contributed by atoms with Crippen LogP contribution < -0.4 is 15.5 Å². The highest BCUT2D eigenvalue weighted by Gasteiger charge is 2.29. The van der Waals surface area contributed by atoms with Gasteiger partial charge in [-0.25, -0.2) is 0 Å². The molecular weight excluding hydrogens is 330 g/mol. The maximum atomic E-state index is 12.5. The largest absolute Gasteiger partial charge is 0.385 e. The molecule has 0 spiro atoms. The minimum Gasteiger partial charge on any atom is -0.385 e. The van der Waals surface area contributed by atoms with E-state index in [1.54, 1.807) is 7.11 Å². The predicted molar refractivity (Wildman–Crippen MR) is 104 cm³/mol. The molecule has 0 radical (unpaired) electrons. The number of hydrogen-bond acceptors (Lipinski definition) is 4. The molecule has 1 aliphatic rings. The van der Waals surface area contributed by atoms with Gasteiger partial charge in [0.05, 0.1) is 0 Å². The summed E-state index contributed by atoms with van der Waals surface area (Å²) >= 11 is 0. The first-order valence-corrected chi connectivity index (χ1v) is 9.36. The number of rotatable bonds is 8. The molecule has 144 valence electrons. The number of carbonyl (C=O) groups is 2. The standard InChI is InChI=1S/C20H31N3O3/c1-23(2)18-11-9-17(10-12-18)22-20(25)16-7-5-15(6-8-16)19(24)21-13-4-14-26-3/h9-12,15-16H,4-8,13-14H2,1-3H3,(H,21,24)(H,22,25). The highest BCUT2D eigenvalue weighted by molar-refractivity contribution is 5.93. The summed E-state index contributed by atoms with van der Waals surface area (Å²) in [7, 11) is 5.63. The number of amides is 2. The van der Waals surface area contributed by atoms with Crippen molar-refractivity contribution in [2.24, 2.45) is 11.8 Å². The quantitative estimate of drug-likeness (QED) is 0.699. The van der Waals surface area contributed by atoms with Crippen molar-refractivity contribution in [3.05, 3.63) is 24.3 Å². The molecule has 6 nitrogen and oxygen atoms in total. The Morgan fingerprint density at radius 2 is 1.62 bits per heavy atom. The predicted octanol–water partition coefficient (Wildman–Crippen LogP) is 2.65. The maximum Gasteiger partial charge on any atom is 0.227 e. The molecular formula is C20H31N3O3. The van der Waals surface area contributed by atoms with Crippen LogP contribution in [-0.2, 0) is 14.3 Å². The normalized spacial score (nSPS) is 19.7. The number of methoxy groups -OCH3 is 1. The van der Waals surface area contributed by atoms with E-state index in [0.717, 1.165) is 43.5 Å². The zero-order valence-electron chi connectivity index (χ0n) is 16.1. The van der Waals surface area contributed by atoms with Gasteiger partial charge in [-0.3, -0.25) is 9.59 Å². The van der Waals surface area contributed by atoms with E-state index in [0.29, 0.717) is 13.2 Å². The lowest BCUT2D eigenvalue weighted by molar-refractivity contribution is -0.128. The van der Waals surface area contributed by atoms with Crippen LogP contribution in [-0.4, -0.2) is 46.2 Å². The van der Waals surface area contributed by atoms with Gasteiger partial charge in [-0.05, 0) is 56.4 Å². The highest BCUT2D eigenvalue weighted by atomic mass is 16.5. The zero-order valence-corrected chi connectivity index (χ0v) is 16.1. The van der Waals surface area contributed by atoms with Crippen LogP contribution in [0.1, 0.15) is 32.1 Å². The molecule has 1 fully saturated rings. The Morgan fingerprint density at radius 3 is 2.15 bits per heavy atom. The molecule has 2 N–H and O–H groups in total. The van der Waals surface area contributed by atoms with E-state index in [9.17, 15) is 9.59 Å². The number of nitrogens with zero attached hydrogens (tertiary/aromatic N) is 1. The number of benzene rings is 1. The molecule has 0 unspecified atom stereocenters. The van der Waals surface area contributed by atoms with E-state index < -0.39 is 0 Å². The third-order valence-electron chi connectivity index (χ3n) is 4.94. The molecule has 2 rings (SSSR count). The van der Waals surface area contributed by atoms with E-state index in [-0.39, 0.29) is 23.7 Å². The molecule has 0 atom stereocenters. The Labute approximate surface area is 156 Å². The third kappa shape index (κ3) is 6.02. The van der Waals surface area contributed by atoms with Crippen LogP contribution >= 0.6 is 0 Å². The average Bonchev–Trinajstić information content (AvgIpc) is 2.65. The molecule has 0 aromatic heterocycles. The molecule has 1 aromatic carbocycles. The molecule has 2 amide bonds. The highest BCUT2D eigenvalue weighted by Crippen LogP contribution is 2.30. The van der Waals surface area contributed by atoms with Crippen LogP contribution in [0.5, 0.6) is 0 Å². The molecule has 0 heterocycles. The van der Waals surface area contributed by atoms with Crippen LogP contribution in [0.2, 0.25) is 0 Å². The van der Waals surface area contributed by atoms with Gasteiger partial charge in [0.2, 0.25) is 11.8 Å². The molecule has 1 aliphatic carbocycles. The van der Waals surface area contributed by atoms with Gasteiger partial charge in [-0.15, -0.1) is 0 Å². The average molecular weight is 361 g/mol. The van der Waals surface area contributed by atoms with Gasteiger partial charge in [-0.1, -0.05) is 0 Å². The fourth-order valence-electron chi connectivity index (χ4n) is 3.28. The van der Waals surface area contributed by atoms with Crippen molar-refractivity contribution in [1.82, 2.24) is 5.32 Å². The maximum absolute atomic E-state index is 12.5. The minimum absolute atomic E-state index is 0.0129. The summed E-state index contributed by atoms with van der Waals surface area (Å²) in [5.74, 6) is 0.183. The van der Waals surface area contributed by atoms with Crippen molar-refractivity contribution < 1.29 is 14.3 Å². The van der Waals surface area contributed by atoms with Gasteiger partial charge < -0.3 is 20.3 Å². The number of ether oxygens (including phenoxy) is 1. The van der Waals surface area contributed by atoms with Gasteiger partial charge >= 0.3 is 0 Å². The van der Waals surface area contributed by atoms with Crippen molar-refractivity contribution in [1.29, 1.82) is 0 Å². The number of nitrogens with one attached hydrogen (secondary N) is 2. The summed E-state index contributed by atoms with van der Waals surface area (Å²) in [6, 6.07) is 7.82. The smallest absolute Gasteiger partial charge is 0.227 e. The lowest BCUT2D eigenvalue weighted by atomic mass is 9.81. The molecule has 0 aliphatic heterocycles. The van der Waals surface area contributed by atoms with Crippen LogP contribution in [0, 0.1) is 11.8 Å². The SMILES string of the molecule is COCCCNC(=O)C1CCC(C(=O)Nc2ccc(N(C)C)cc2)CC1. The second-order valence-electron chi connectivity index (χ2n) is 7.12. The number of anilines is 2. The summed E-state index contributed by atoms with van der Waals surface area (Å²) in [5, 5.41) is 5.96. The van der Waals surface area contributed by atoms with E-state index in [1.165, 1.54) is 0 Å². The van der Waals surface area contributed by atoms with E-state index in [2.05, 4.69) is 10.6 Å². The number of carbonyl (C=O) groups excluding carboxylic acids is 2. The van der Waals surface area contributed by atoms with Gasteiger partial charge in [0, 0.05) is 57.6 Å². The molecule has 26 heavy (non-hydrogen) atoms. The Balaban J connectivity index is 1.74. The van der Waals surface area contributed by atoms with Crippen molar-refractivity contribution in [2.75, 3.05) is 44.6 Å². The second kappa shape index (κ2) is 10.2. The van der Waals surface area contributed by atoms with Crippen molar-refractivity contribution >= 4 is 23.2 Å². The summed E-state index contributed by atoms with van der Waals surface area (Å²) in [6.45, 7) is 1.30. The fourth-order valence-corrected chi connectivity index (χ4v) is 3.28. The Hall–Kier alpha value is -2.08. The zero-order chi connectivity index (χ0) is 18.9. The van der Waals surface area contributed by atoms with Crippen molar-refractivity contribution in [3.8, 4) is 0 Å². The monoisotopic (exact) mass is 361 g/mol. The Bertz CT molecular complexity index is 578. The van der Waals surface area contributed by atoms with Crippen molar-refractivity contribution in [3.63, 3.8) is 0 Å². The van der Waals surface area contributed by atoms with Gasteiger partial charge in [-0.2, -0.15) is 0 Å². The fraction of sp³-hybridized carbons (Fsp3) is 0.600. The topological polar surface area (TPSA) is 70.7 Å². The first-order chi connectivity index (χ1) is 12.5. The van der Waals surface area contributed by atoms with Gasteiger partial charge in [0.25, 0.3) is 0 Å². The first kappa shape index (κ1) is 20.2. The van der Waals surface area contributed by atoms with E-state index >= 15 is 0 Å². The van der Waals surface area contributed by atoms with Crippen LogP contribution in [0.25, 0.3) is 0 Å². The third-order valence-corrected chi connectivity index (χ3v) is 4.94. The molecule has 0 saturated heterocycles. The lowest BCUT2D eigenvalue weighted by Crippen LogP contribution is -2.36. The molecule has 1 aromatic rings. The van der Waals surface area contributed by atoms with Crippen LogP contribution in [0.15, 0.2) is 24.3 Å². The summed E-state index contributed by atoms with van der Waals surface area (Å²) in [6.07, 6.45) is 3.89. The van der Waals surface area contributed by atoms with E-state index in [1.807, 2.05) is 43.3 Å². The first-order valence-electron chi connectivity index (χ1n) is 9.36. The van der Waals surface area contributed by atoms with Crippen molar-refractivity contribution in [2.45, 2.75) is 32.1 Å². The minimum atomic E-state index is -0.0129.